The Bertz CT molecular complexity index is 935. The number of carbonyl (C=O) groups is 5. The average molecular weight is 608 g/mol. The summed E-state index contributed by atoms with van der Waals surface area (Å²) in [5.74, 6) is -8.41. The smallest absolute Gasteiger partial charge is 0.268 e. The molecule has 236 valence electrons. The highest BCUT2D eigenvalue weighted by molar-refractivity contribution is 7.45. The summed E-state index contributed by atoms with van der Waals surface area (Å²) in [5, 5.41) is 55.8. The normalized spacial score (nSPS) is 17.8. The number of phosphoric ester groups is 1. The zero-order chi connectivity index (χ0) is 31.4. The van der Waals surface area contributed by atoms with Crippen LogP contribution in [0.2, 0.25) is 0 Å². The Morgan fingerprint density at radius 1 is 0.780 bits per heavy atom. The molecular weight excluding hydrogens is 573 g/mol. The van der Waals surface area contributed by atoms with Crippen molar-refractivity contribution in [3.63, 3.8) is 0 Å². The van der Waals surface area contributed by atoms with E-state index < -0.39 is 95.7 Å². The number of rotatable bonds is 21. The molecule has 2 unspecified atom stereocenters. The van der Waals surface area contributed by atoms with E-state index in [9.17, 15) is 59.0 Å². The summed E-state index contributed by atoms with van der Waals surface area (Å²) in [7, 11) is -5.00. The molecule has 0 aromatic carbocycles. The largest absolute Gasteiger partial charge is 0.756 e. The molecule has 1 aliphatic rings. The van der Waals surface area contributed by atoms with Gasteiger partial charge in [0.05, 0.1) is 42.6 Å². The van der Waals surface area contributed by atoms with E-state index in [1.807, 2.05) is 13.8 Å². The van der Waals surface area contributed by atoms with Crippen LogP contribution in [0.15, 0.2) is 0 Å². The molecule has 17 nitrogen and oxygen atoms in total. The number of aliphatic carboxylic acids is 5. The molecule has 1 rings (SSSR count). The summed E-state index contributed by atoms with van der Waals surface area (Å²) in [6.45, 7) is -2.74. The number of nitrogens with zero attached hydrogens (tertiary/aromatic N) is 3. The molecule has 0 bridgehead atoms. The molecule has 0 radical (unpaired) electrons. The lowest BCUT2D eigenvalue weighted by Crippen LogP contribution is -2.55. The highest BCUT2D eigenvalue weighted by Gasteiger charge is 2.31. The topological polar surface area (TPSA) is 269 Å². The van der Waals surface area contributed by atoms with Crippen LogP contribution < -0.4 is 30.4 Å². The fourth-order valence-electron chi connectivity index (χ4n) is 4.37. The average Bonchev–Trinajstić information content (AvgIpc) is 2.79. The van der Waals surface area contributed by atoms with Crippen LogP contribution in [0.1, 0.15) is 39.5 Å². The first-order valence-electron chi connectivity index (χ1n) is 12.7. The molecule has 0 saturated heterocycles. The number of carboxylic acids is 5. The Morgan fingerprint density at radius 3 is 1.63 bits per heavy atom. The van der Waals surface area contributed by atoms with Gasteiger partial charge in [-0.1, -0.05) is 13.8 Å². The second kappa shape index (κ2) is 16.7. The third kappa shape index (κ3) is 16.4. The van der Waals surface area contributed by atoms with Crippen molar-refractivity contribution in [2.24, 2.45) is 5.41 Å². The predicted molar refractivity (Wildman–Crippen MR) is 124 cm³/mol. The Morgan fingerprint density at radius 2 is 1.20 bits per heavy atom. The first kappa shape index (κ1) is 36.4. The standard InChI is InChI=1S/C23H40N3O14P/c1-23(2)5-3-17(4-6-23)40-41(37,38)39-15-16(26(13-21(33)34)14-22(35)36)9-24(10-18(27)28)7-8-25(11-19(29)30)12-20(31)32/h16-17H,3-15H2,1-2H3,(H,27,28)(H,29,30)(H,31,32)(H,33,34)(H,35,36)(H,37,38)/p-6. The van der Waals surface area contributed by atoms with Crippen molar-refractivity contribution < 1.29 is 68.0 Å². The van der Waals surface area contributed by atoms with Gasteiger partial charge in [-0.25, -0.2) is 0 Å². The first-order chi connectivity index (χ1) is 18.9. The van der Waals surface area contributed by atoms with Crippen molar-refractivity contribution in [2.45, 2.75) is 51.7 Å². The zero-order valence-corrected chi connectivity index (χ0v) is 23.7. The van der Waals surface area contributed by atoms with Gasteiger partial charge in [0.2, 0.25) is 0 Å². The minimum Gasteiger partial charge on any atom is -0.756 e. The highest BCUT2D eigenvalue weighted by Crippen LogP contribution is 2.45. The lowest BCUT2D eigenvalue weighted by Gasteiger charge is -2.39. The van der Waals surface area contributed by atoms with Gasteiger partial charge in [-0.3, -0.25) is 19.3 Å². The molecule has 0 spiro atoms. The van der Waals surface area contributed by atoms with Crippen molar-refractivity contribution >= 4 is 37.7 Å². The maximum absolute atomic E-state index is 12.6. The van der Waals surface area contributed by atoms with Gasteiger partial charge in [-0.2, -0.15) is 0 Å². The molecule has 41 heavy (non-hydrogen) atoms. The lowest BCUT2D eigenvalue weighted by atomic mass is 9.76. The van der Waals surface area contributed by atoms with E-state index in [2.05, 4.69) is 0 Å². The van der Waals surface area contributed by atoms with Crippen LogP contribution in [0.3, 0.4) is 0 Å². The maximum Gasteiger partial charge on any atom is 0.268 e. The molecule has 18 heteroatoms. The molecule has 0 aromatic heterocycles. The van der Waals surface area contributed by atoms with Gasteiger partial charge < -0.3 is 63.4 Å². The monoisotopic (exact) mass is 607 g/mol. The van der Waals surface area contributed by atoms with E-state index in [4.69, 9.17) is 9.05 Å². The number of carbonyl (C=O) groups excluding carboxylic acids is 5. The summed E-state index contributed by atoms with van der Waals surface area (Å²) < 4.78 is 22.7. The minimum atomic E-state index is -5.00. The summed E-state index contributed by atoms with van der Waals surface area (Å²) in [5.41, 5.74) is 0.00884. The van der Waals surface area contributed by atoms with E-state index in [0.717, 1.165) is 14.7 Å². The lowest BCUT2D eigenvalue weighted by molar-refractivity contribution is -0.313. The second-order valence-electron chi connectivity index (χ2n) is 10.6. The van der Waals surface area contributed by atoms with Crippen LogP contribution in [0.4, 0.5) is 0 Å². The molecule has 0 aromatic rings. The van der Waals surface area contributed by atoms with Gasteiger partial charge in [0.25, 0.3) is 7.82 Å². The Kier molecular flexibility index (Phi) is 14.8. The van der Waals surface area contributed by atoms with Crippen LogP contribution in [0.25, 0.3) is 0 Å². The van der Waals surface area contributed by atoms with E-state index >= 15 is 0 Å². The predicted octanol–water partition coefficient (Wildman–Crippen LogP) is -7.52. The Hall–Kier alpha value is -2.66. The summed E-state index contributed by atoms with van der Waals surface area (Å²) in [6, 6.07) is -1.42. The molecule has 1 fully saturated rings. The molecule has 1 aliphatic carbocycles. The van der Waals surface area contributed by atoms with Crippen molar-refractivity contribution in [2.75, 3.05) is 59.0 Å². The number of carboxylic acid groups (broad SMARTS) is 5. The van der Waals surface area contributed by atoms with Crippen molar-refractivity contribution in [1.29, 1.82) is 0 Å². The first-order valence-corrected chi connectivity index (χ1v) is 14.2. The maximum atomic E-state index is 12.6. The minimum absolute atomic E-state index is 0.00884. The zero-order valence-electron chi connectivity index (χ0n) is 22.9. The molecule has 0 amide bonds. The van der Waals surface area contributed by atoms with Crippen LogP contribution >= 0.6 is 7.82 Å². The summed E-state index contributed by atoms with van der Waals surface area (Å²) in [6.07, 6.45) is 1.58. The van der Waals surface area contributed by atoms with E-state index in [1.165, 1.54) is 0 Å². The molecule has 2 atom stereocenters. The van der Waals surface area contributed by atoms with Gasteiger partial charge in [0, 0.05) is 58.4 Å². The summed E-state index contributed by atoms with van der Waals surface area (Å²) in [4.78, 5) is 71.0. The van der Waals surface area contributed by atoms with Crippen molar-refractivity contribution in [3.05, 3.63) is 0 Å². The summed E-state index contributed by atoms with van der Waals surface area (Å²) >= 11 is 0. The third-order valence-corrected chi connectivity index (χ3v) is 7.45. The van der Waals surface area contributed by atoms with Crippen LogP contribution in [0, 0.1) is 5.41 Å². The molecular formula is C23H34N3O14P-6. The molecule has 1 saturated carbocycles. The number of hydrogen-bond donors (Lipinski definition) is 0. The third-order valence-electron chi connectivity index (χ3n) is 6.43. The van der Waals surface area contributed by atoms with E-state index in [1.54, 1.807) is 0 Å². The number of hydrogen-bond acceptors (Lipinski definition) is 17. The van der Waals surface area contributed by atoms with E-state index in [-0.39, 0.29) is 18.5 Å². The van der Waals surface area contributed by atoms with Gasteiger partial charge in [0.1, 0.15) is 0 Å². The van der Waals surface area contributed by atoms with Crippen molar-refractivity contribution in [3.8, 4) is 0 Å². The van der Waals surface area contributed by atoms with Gasteiger partial charge in [-0.05, 0) is 31.1 Å². The number of phosphoric acid groups is 1. The van der Waals surface area contributed by atoms with Crippen LogP contribution in [-0.4, -0.2) is 116 Å². The van der Waals surface area contributed by atoms with Crippen LogP contribution in [0.5, 0.6) is 0 Å². The second-order valence-corrected chi connectivity index (χ2v) is 11.9. The van der Waals surface area contributed by atoms with E-state index in [0.29, 0.717) is 25.7 Å². The fraction of sp³-hybridized carbons (Fsp3) is 0.783. The molecule has 0 aliphatic heterocycles. The molecule has 0 heterocycles. The van der Waals surface area contributed by atoms with Crippen LogP contribution in [-0.2, 0) is 37.6 Å². The Balaban J connectivity index is 3.11. The Labute approximate surface area is 236 Å². The fourth-order valence-corrected chi connectivity index (χ4v) is 5.36. The quantitative estimate of drug-likeness (QED) is 0.110. The van der Waals surface area contributed by atoms with Gasteiger partial charge in [-0.15, -0.1) is 0 Å². The highest BCUT2D eigenvalue weighted by atomic mass is 31.2. The van der Waals surface area contributed by atoms with Gasteiger partial charge in [0.15, 0.2) is 0 Å². The SMILES string of the molecule is CC1(C)CCC(OP(=O)([O-])OCC(CN(CCN(CC(=O)[O-])CC(=O)[O-])CC(=O)[O-])N(CC(=O)[O-])CC(=O)[O-])CC1. The van der Waals surface area contributed by atoms with Crippen molar-refractivity contribution in [1.82, 2.24) is 14.7 Å². The van der Waals surface area contributed by atoms with Gasteiger partial charge >= 0.3 is 0 Å². The molecule has 0 N–H and O–H groups in total.